The molecule has 72 valence electrons. The molecule has 1 saturated heterocycles. The topological polar surface area (TPSA) is 18.5 Å². The van der Waals surface area contributed by atoms with Crippen LogP contribution in [0.2, 0.25) is 0 Å². The molecule has 0 saturated carbocycles. The third-order valence-corrected chi connectivity index (χ3v) is 2.75. The Morgan fingerprint density at radius 1 is 1.33 bits per heavy atom. The van der Waals surface area contributed by atoms with Crippen LogP contribution in [0.15, 0.2) is 0 Å². The van der Waals surface area contributed by atoms with Crippen molar-refractivity contribution in [1.82, 2.24) is 0 Å². The van der Waals surface area contributed by atoms with Crippen molar-refractivity contribution in [2.45, 2.75) is 39.2 Å². The Balaban J connectivity index is 2.44. The van der Waals surface area contributed by atoms with Crippen LogP contribution >= 0.6 is 0 Å². The van der Waals surface area contributed by atoms with Crippen LogP contribution in [0.25, 0.3) is 0 Å². The molecule has 12 heavy (non-hydrogen) atoms. The van der Waals surface area contributed by atoms with Crippen molar-refractivity contribution in [1.29, 1.82) is 0 Å². The van der Waals surface area contributed by atoms with Crippen LogP contribution in [0.5, 0.6) is 0 Å². The summed E-state index contributed by atoms with van der Waals surface area (Å²) in [5, 5.41) is 0. The maximum Gasteiger partial charge on any atom is 0.0884 e. The Kier molecular flexibility index (Phi) is 3.53. The minimum absolute atomic E-state index is 0.0378. The maximum absolute atomic E-state index is 5.82. The lowest BCUT2D eigenvalue weighted by molar-refractivity contribution is -0.0594. The lowest BCUT2D eigenvalue weighted by atomic mass is 10.1. The number of ether oxygens (including phenoxy) is 2. The summed E-state index contributed by atoms with van der Waals surface area (Å²) in [5.74, 6) is 0.596. The monoisotopic (exact) mass is 172 g/mol. The van der Waals surface area contributed by atoms with Crippen molar-refractivity contribution in [2.75, 3.05) is 19.8 Å². The van der Waals surface area contributed by atoms with Gasteiger partial charge < -0.3 is 9.47 Å². The van der Waals surface area contributed by atoms with E-state index in [4.69, 9.17) is 9.47 Å². The molecule has 0 N–H and O–H groups in total. The highest BCUT2D eigenvalue weighted by Crippen LogP contribution is 2.21. The molecular weight excluding hydrogens is 152 g/mol. The molecule has 0 aromatic heterocycles. The fourth-order valence-corrected chi connectivity index (χ4v) is 1.29. The Labute approximate surface area is 75.2 Å². The second kappa shape index (κ2) is 4.24. The molecule has 1 fully saturated rings. The van der Waals surface area contributed by atoms with E-state index in [2.05, 4.69) is 20.8 Å². The van der Waals surface area contributed by atoms with Gasteiger partial charge in [-0.3, -0.25) is 0 Å². The summed E-state index contributed by atoms with van der Waals surface area (Å²) in [5.41, 5.74) is -0.0378. The second-order valence-corrected chi connectivity index (χ2v) is 3.90. The van der Waals surface area contributed by atoms with Crippen LogP contribution in [0.1, 0.15) is 33.6 Å². The van der Waals surface area contributed by atoms with Gasteiger partial charge in [0.15, 0.2) is 0 Å². The minimum atomic E-state index is -0.0378. The van der Waals surface area contributed by atoms with Crippen molar-refractivity contribution in [3.05, 3.63) is 0 Å². The van der Waals surface area contributed by atoms with E-state index in [0.29, 0.717) is 5.92 Å². The van der Waals surface area contributed by atoms with Gasteiger partial charge in [-0.1, -0.05) is 13.8 Å². The standard InChI is InChI=1S/C10H20O2/c1-4-9-6-11-8-10(3,5-2)12-7-9/h9H,4-8H2,1-3H3. The highest BCUT2D eigenvalue weighted by atomic mass is 16.6. The SMILES string of the molecule is CCC1COCC(C)(CC)OC1. The molecule has 0 aromatic carbocycles. The van der Waals surface area contributed by atoms with Crippen molar-refractivity contribution in [3.8, 4) is 0 Å². The van der Waals surface area contributed by atoms with Gasteiger partial charge in [-0.2, -0.15) is 0 Å². The van der Waals surface area contributed by atoms with E-state index in [0.717, 1.165) is 32.7 Å². The van der Waals surface area contributed by atoms with Gasteiger partial charge in [0.05, 0.1) is 25.4 Å². The molecule has 2 nitrogen and oxygen atoms in total. The van der Waals surface area contributed by atoms with Crippen LogP contribution < -0.4 is 0 Å². The van der Waals surface area contributed by atoms with Crippen LogP contribution in [-0.4, -0.2) is 25.4 Å². The first kappa shape index (κ1) is 10.0. The van der Waals surface area contributed by atoms with Gasteiger partial charge in [0.1, 0.15) is 0 Å². The molecule has 0 radical (unpaired) electrons. The molecule has 1 aliphatic heterocycles. The first-order chi connectivity index (χ1) is 5.70. The fourth-order valence-electron chi connectivity index (χ4n) is 1.29. The molecule has 2 heteroatoms. The van der Waals surface area contributed by atoms with Crippen molar-refractivity contribution < 1.29 is 9.47 Å². The van der Waals surface area contributed by atoms with Gasteiger partial charge in [0.25, 0.3) is 0 Å². The quantitative estimate of drug-likeness (QED) is 0.636. The van der Waals surface area contributed by atoms with E-state index in [9.17, 15) is 0 Å². The predicted molar refractivity (Wildman–Crippen MR) is 49.2 cm³/mol. The lowest BCUT2D eigenvalue weighted by Crippen LogP contribution is -2.32. The van der Waals surface area contributed by atoms with Crippen LogP contribution in [0, 0.1) is 5.92 Å². The van der Waals surface area contributed by atoms with Crippen molar-refractivity contribution >= 4 is 0 Å². The minimum Gasteiger partial charge on any atom is -0.378 e. The molecule has 0 aromatic rings. The molecular formula is C10H20O2. The van der Waals surface area contributed by atoms with E-state index < -0.39 is 0 Å². The van der Waals surface area contributed by atoms with E-state index in [-0.39, 0.29) is 5.60 Å². The molecule has 1 heterocycles. The molecule has 1 aliphatic rings. The summed E-state index contributed by atoms with van der Waals surface area (Å²) < 4.78 is 11.4. The van der Waals surface area contributed by atoms with Gasteiger partial charge in [0, 0.05) is 5.92 Å². The molecule has 1 rings (SSSR count). The lowest BCUT2D eigenvalue weighted by Gasteiger charge is -2.25. The highest BCUT2D eigenvalue weighted by molar-refractivity contribution is 4.76. The van der Waals surface area contributed by atoms with Gasteiger partial charge in [0.2, 0.25) is 0 Å². The molecule has 0 aliphatic carbocycles. The Morgan fingerprint density at radius 3 is 2.67 bits per heavy atom. The van der Waals surface area contributed by atoms with Crippen LogP contribution in [0.3, 0.4) is 0 Å². The van der Waals surface area contributed by atoms with E-state index in [1.807, 2.05) is 0 Å². The van der Waals surface area contributed by atoms with Gasteiger partial charge in [-0.15, -0.1) is 0 Å². The summed E-state index contributed by atoms with van der Waals surface area (Å²) in [6.07, 6.45) is 2.18. The fraction of sp³-hybridized carbons (Fsp3) is 1.00. The highest BCUT2D eigenvalue weighted by Gasteiger charge is 2.27. The summed E-state index contributed by atoms with van der Waals surface area (Å²) in [6, 6.07) is 0. The van der Waals surface area contributed by atoms with Crippen LogP contribution in [0.4, 0.5) is 0 Å². The van der Waals surface area contributed by atoms with Crippen molar-refractivity contribution in [2.24, 2.45) is 5.92 Å². The zero-order valence-corrected chi connectivity index (χ0v) is 8.43. The third kappa shape index (κ3) is 2.46. The largest absolute Gasteiger partial charge is 0.378 e. The second-order valence-electron chi connectivity index (χ2n) is 3.90. The first-order valence-electron chi connectivity index (χ1n) is 4.92. The number of hydrogen-bond donors (Lipinski definition) is 0. The molecule has 2 atom stereocenters. The smallest absolute Gasteiger partial charge is 0.0884 e. The molecule has 0 amide bonds. The Hall–Kier alpha value is -0.0800. The van der Waals surface area contributed by atoms with Crippen LogP contribution in [-0.2, 0) is 9.47 Å². The van der Waals surface area contributed by atoms with E-state index in [1.54, 1.807) is 0 Å². The molecule has 2 unspecified atom stereocenters. The summed E-state index contributed by atoms with van der Waals surface area (Å²) >= 11 is 0. The third-order valence-electron chi connectivity index (χ3n) is 2.75. The predicted octanol–water partition coefficient (Wildman–Crippen LogP) is 2.23. The summed E-state index contributed by atoms with van der Waals surface area (Å²) in [6.45, 7) is 8.94. The van der Waals surface area contributed by atoms with Gasteiger partial charge in [-0.05, 0) is 19.8 Å². The number of hydrogen-bond acceptors (Lipinski definition) is 2. The normalized spacial score (nSPS) is 37.8. The molecule has 0 bridgehead atoms. The average Bonchev–Trinajstić information content (AvgIpc) is 2.28. The average molecular weight is 172 g/mol. The Bertz CT molecular complexity index is 136. The number of rotatable bonds is 2. The summed E-state index contributed by atoms with van der Waals surface area (Å²) in [4.78, 5) is 0. The Morgan fingerprint density at radius 2 is 2.08 bits per heavy atom. The zero-order chi connectivity index (χ0) is 9.03. The van der Waals surface area contributed by atoms with E-state index in [1.165, 1.54) is 0 Å². The van der Waals surface area contributed by atoms with Crippen molar-refractivity contribution in [3.63, 3.8) is 0 Å². The maximum atomic E-state index is 5.82. The van der Waals surface area contributed by atoms with Gasteiger partial charge >= 0.3 is 0 Å². The zero-order valence-electron chi connectivity index (χ0n) is 8.43. The van der Waals surface area contributed by atoms with Gasteiger partial charge in [-0.25, -0.2) is 0 Å². The summed E-state index contributed by atoms with van der Waals surface area (Å²) in [7, 11) is 0. The molecule has 0 spiro atoms. The first-order valence-corrected chi connectivity index (χ1v) is 4.92. The van der Waals surface area contributed by atoms with E-state index >= 15 is 0 Å².